The number of hydrogen-bond acceptors (Lipinski definition) is 2. The van der Waals surface area contributed by atoms with Gasteiger partial charge in [0.1, 0.15) is 11.6 Å². The molecule has 0 aliphatic heterocycles. The standard InChI is InChI=1S/C15H14F3NO/c1-9-6-7-10(16)8-12(9)14(19)11-4-2-3-5-13(11)20-15(17)18/h2-8,14-15H,19H2,1H3. The molecule has 106 valence electrons. The maximum absolute atomic E-state index is 13.3. The minimum absolute atomic E-state index is 0.00124. The van der Waals surface area contributed by atoms with Gasteiger partial charge >= 0.3 is 6.61 Å². The smallest absolute Gasteiger partial charge is 0.387 e. The molecule has 0 heterocycles. The van der Waals surface area contributed by atoms with E-state index in [9.17, 15) is 13.2 Å². The maximum Gasteiger partial charge on any atom is 0.387 e. The molecule has 0 aromatic heterocycles. The highest BCUT2D eigenvalue weighted by atomic mass is 19.3. The van der Waals surface area contributed by atoms with E-state index in [2.05, 4.69) is 4.74 Å². The summed E-state index contributed by atoms with van der Waals surface area (Å²) in [4.78, 5) is 0. The van der Waals surface area contributed by atoms with Crippen molar-refractivity contribution in [3.05, 3.63) is 65.0 Å². The first-order chi connectivity index (χ1) is 9.49. The summed E-state index contributed by atoms with van der Waals surface area (Å²) < 4.78 is 42.6. The van der Waals surface area contributed by atoms with Crippen molar-refractivity contribution in [2.24, 2.45) is 5.73 Å². The average molecular weight is 281 g/mol. The number of rotatable bonds is 4. The molecular weight excluding hydrogens is 267 g/mol. The lowest BCUT2D eigenvalue weighted by atomic mass is 9.95. The van der Waals surface area contributed by atoms with Crippen molar-refractivity contribution >= 4 is 0 Å². The van der Waals surface area contributed by atoms with Crippen LogP contribution >= 0.6 is 0 Å². The monoisotopic (exact) mass is 281 g/mol. The first-order valence-electron chi connectivity index (χ1n) is 6.04. The SMILES string of the molecule is Cc1ccc(F)cc1C(N)c1ccccc1OC(F)F. The van der Waals surface area contributed by atoms with Crippen LogP contribution in [0.1, 0.15) is 22.7 Å². The van der Waals surface area contributed by atoms with Crippen LogP contribution in [0.15, 0.2) is 42.5 Å². The molecule has 0 bridgehead atoms. The van der Waals surface area contributed by atoms with E-state index in [0.29, 0.717) is 11.1 Å². The summed E-state index contributed by atoms with van der Waals surface area (Å²) in [6.45, 7) is -1.15. The minimum atomic E-state index is -2.93. The van der Waals surface area contributed by atoms with Crippen LogP contribution in [0, 0.1) is 12.7 Å². The van der Waals surface area contributed by atoms with Gasteiger partial charge in [-0.2, -0.15) is 8.78 Å². The van der Waals surface area contributed by atoms with E-state index in [1.54, 1.807) is 31.2 Å². The first kappa shape index (κ1) is 14.4. The van der Waals surface area contributed by atoms with E-state index in [1.807, 2.05) is 0 Å². The summed E-state index contributed by atoms with van der Waals surface area (Å²) in [7, 11) is 0. The highest BCUT2D eigenvalue weighted by Gasteiger charge is 2.18. The normalized spacial score (nSPS) is 12.5. The van der Waals surface area contributed by atoms with Gasteiger partial charge in [-0.05, 0) is 36.2 Å². The molecule has 0 aliphatic rings. The van der Waals surface area contributed by atoms with Crippen LogP contribution in [-0.4, -0.2) is 6.61 Å². The van der Waals surface area contributed by atoms with E-state index in [4.69, 9.17) is 5.73 Å². The van der Waals surface area contributed by atoms with Crippen LogP contribution in [0.5, 0.6) is 5.75 Å². The van der Waals surface area contributed by atoms with E-state index >= 15 is 0 Å². The third-order valence-electron chi connectivity index (χ3n) is 3.05. The number of para-hydroxylation sites is 1. The zero-order valence-corrected chi connectivity index (χ0v) is 10.8. The summed E-state index contributed by atoms with van der Waals surface area (Å²) >= 11 is 0. The lowest BCUT2D eigenvalue weighted by Crippen LogP contribution is -2.16. The summed E-state index contributed by atoms with van der Waals surface area (Å²) in [5.74, 6) is -0.424. The molecule has 2 aromatic rings. The largest absolute Gasteiger partial charge is 0.434 e. The predicted octanol–water partition coefficient (Wildman–Crippen LogP) is 3.78. The summed E-state index contributed by atoms with van der Waals surface area (Å²) in [6.07, 6.45) is 0. The Morgan fingerprint density at radius 2 is 1.75 bits per heavy atom. The molecule has 0 amide bonds. The van der Waals surface area contributed by atoms with Crippen molar-refractivity contribution in [2.45, 2.75) is 19.6 Å². The molecule has 2 rings (SSSR count). The van der Waals surface area contributed by atoms with Crippen LogP contribution in [0.25, 0.3) is 0 Å². The van der Waals surface area contributed by atoms with Crippen molar-refractivity contribution < 1.29 is 17.9 Å². The Hall–Kier alpha value is -2.01. The van der Waals surface area contributed by atoms with Gasteiger partial charge in [-0.25, -0.2) is 4.39 Å². The van der Waals surface area contributed by atoms with Crippen LogP contribution in [0.3, 0.4) is 0 Å². The summed E-state index contributed by atoms with van der Waals surface area (Å²) in [5, 5.41) is 0. The molecule has 1 atom stereocenters. The van der Waals surface area contributed by atoms with E-state index in [1.165, 1.54) is 18.2 Å². The predicted molar refractivity (Wildman–Crippen MR) is 70.2 cm³/mol. The number of ether oxygens (including phenoxy) is 1. The lowest BCUT2D eigenvalue weighted by molar-refractivity contribution is -0.0505. The molecule has 0 radical (unpaired) electrons. The lowest BCUT2D eigenvalue weighted by Gasteiger charge is -2.18. The molecule has 0 spiro atoms. The highest BCUT2D eigenvalue weighted by molar-refractivity contribution is 5.43. The number of aryl methyl sites for hydroxylation is 1. The maximum atomic E-state index is 13.3. The molecule has 1 unspecified atom stereocenters. The fourth-order valence-corrected chi connectivity index (χ4v) is 2.05. The number of nitrogens with two attached hydrogens (primary N) is 1. The molecule has 2 aromatic carbocycles. The molecule has 0 fully saturated rings. The van der Waals surface area contributed by atoms with Crippen LogP contribution in [-0.2, 0) is 0 Å². The van der Waals surface area contributed by atoms with Crippen molar-refractivity contribution in [2.75, 3.05) is 0 Å². The Kier molecular flexibility index (Phi) is 4.29. The molecule has 0 saturated carbocycles. The second-order valence-electron chi connectivity index (χ2n) is 4.39. The Balaban J connectivity index is 2.42. The Morgan fingerprint density at radius 3 is 2.45 bits per heavy atom. The van der Waals surface area contributed by atoms with Gasteiger partial charge in [-0.1, -0.05) is 24.3 Å². The second kappa shape index (κ2) is 5.96. The fourth-order valence-electron chi connectivity index (χ4n) is 2.05. The van der Waals surface area contributed by atoms with Gasteiger partial charge in [0.2, 0.25) is 0 Å². The van der Waals surface area contributed by atoms with Gasteiger partial charge < -0.3 is 10.5 Å². The number of benzene rings is 2. The molecule has 2 nitrogen and oxygen atoms in total. The number of hydrogen-bond donors (Lipinski definition) is 1. The van der Waals surface area contributed by atoms with Crippen molar-refractivity contribution in [1.82, 2.24) is 0 Å². The van der Waals surface area contributed by atoms with Gasteiger partial charge in [-0.15, -0.1) is 0 Å². The molecule has 20 heavy (non-hydrogen) atoms. The minimum Gasteiger partial charge on any atom is -0.434 e. The first-order valence-corrected chi connectivity index (χ1v) is 6.04. The van der Waals surface area contributed by atoms with E-state index in [-0.39, 0.29) is 5.75 Å². The van der Waals surface area contributed by atoms with Crippen LogP contribution < -0.4 is 10.5 Å². The molecule has 5 heteroatoms. The molecule has 0 aliphatic carbocycles. The zero-order valence-electron chi connectivity index (χ0n) is 10.8. The van der Waals surface area contributed by atoms with Crippen LogP contribution in [0.4, 0.5) is 13.2 Å². The third kappa shape index (κ3) is 3.11. The Labute approximate surface area is 115 Å². The zero-order chi connectivity index (χ0) is 14.7. The fraction of sp³-hybridized carbons (Fsp3) is 0.200. The Bertz CT molecular complexity index is 601. The molecule has 2 N–H and O–H groups in total. The quantitative estimate of drug-likeness (QED) is 0.925. The van der Waals surface area contributed by atoms with Gasteiger partial charge in [0.15, 0.2) is 0 Å². The number of halogens is 3. The van der Waals surface area contributed by atoms with E-state index in [0.717, 1.165) is 5.56 Å². The highest BCUT2D eigenvalue weighted by Crippen LogP contribution is 2.31. The summed E-state index contributed by atoms with van der Waals surface area (Å²) in [6, 6.07) is 9.74. The van der Waals surface area contributed by atoms with Gasteiger partial charge in [0, 0.05) is 5.56 Å². The van der Waals surface area contributed by atoms with Crippen LogP contribution in [0.2, 0.25) is 0 Å². The summed E-state index contributed by atoms with van der Waals surface area (Å²) in [5.41, 5.74) is 7.78. The van der Waals surface area contributed by atoms with Gasteiger partial charge in [0.25, 0.3) is 0 Å². The topological polar surface area (TPSA) is 35.2 Å². The van der Waals surface area contributed by atoms with Gasteiger partial charge in [-0.3, -0.25) is 0 Å². The Morgan fingerprint density at radius 1 is 1.05 bits per heavy atom. The van der Waals surface area contributed by atoms with Gasteiger partial charge in [0.05, 0.1) is 6.04 Å². The molecule has 0 saturated heterocycles. The van der Waals surface area contributed by atoms with Crippen molar-refractivity contribution in [1.29, 1.82) is 0 Å². The molecular formula is C15H14F3NO. The second-order valence-corrected chi connectivity index (χ2v) is 4.39. The number of alkyl halides is 2. The average Bonchev–Trinajstić information content (AvgIpc) is 2.41. The van der Waals surface area contributed by atoms with E-state index < -0.39 is 18.5 Å². The van der Waals surface area contributed by atoms with Crippen molar-refractivity contribution in [3.63, 3.8) is 0 Å². The third-order valence-corrected chi connectivity index (χ3v) is 3.05. The van der Waals surface area contributed by atoms with Crippen molar-refractivity contribution in [3.8, 4) is 5.75 Å².